The molecule has 2 aromatic rings. The Morgan fingerprint density at radius 1 is 1.40 bits per heavy atom. The second-order valence-corrected chi connectivity index (χ2v) is 3.37. The molecule has 2 rings (SSSR count). The maximum Gasteiger partial charge on any atom is 0.261 e. The highest BCUT2D eigenvalue weighted by atomic mass is 35.5. The van der Waals surface area contributed by atoms with E-state index in [4.69, 9.17) is 20.9 Å². The number of halogens is 1. The summed E-state index contributed by atoms with van der Waals surface area (Å²) in [6.45, 7) is 1.75. The van der Waals surface area contributed by atoms with Gasteiger partial charge in [-0.05, 0) is 19.1 Å². The van der Waals surface area contributed by atoms with Crippen molar-refractivity contribution < 1.29 is 9.26 Å². The Hall–Kier alpha value is -1.55. The predicted octanol–water partition coefficient (Wildman–Crippen LogP) is 2.71. The smallest absolute Gasteiger partial charge is 0.261 e. The van der Waals surface area contributed by atoms with Crippen LogP contribution >= 0.6 is 11.6 Å². The van der Waals surface area contributed by atoms with Gasteiger partial charge in [-0.25, -0.2) is 0 Å². The second kappa shape index (κ2) is 3.90. The molecule has 1 aromatic heterocycles. The lowest BCUT2D eigenvalue weighted by atomic mass is 10.2. The number of benzene rings is 1. The predicted molar refractivity (Wildman–Crippen MR) is 56.0 cm³/mol. The van der Waals surface area contributed by atoms with E-state index in [1.165, 1.54) is 0 Å². The minimum atomic E-state index is 0.409. The summed E-state index contributed by atoms with van der Waals surface area (Å²) in [7, 11) is 1.55. The Morgan fingerprint density at radius 2 is 2.20 bits per heavy atom. The molecule has 0 spiro atoms. The third kappa shape index (κ3) is 1.80. The van der Waals surface area contributed by atoms with Gasteiger partial charge in [-0.3, -0.25) is 0 Å². The minimum Gasteiger partial charge on any atom is -0.494 e. The molecule has 4 nitrogen and oxygen atoms in total. The molecule has 0 fully saturated rings. The van der Waals surface area contributed by atoms with Gasteiger partial charge in [-0.15, -0.1) is 0 Å². The summed E-state index contributed by atoms with van der Waals surface area (Å²) >= 11 is 5.97. The Bertz CT molecular complexity index is 482. The standard InChI is InChI=1S/C10H9ClN2O2/c1-6-12-10(15-13-6)7-4-3-5-8(11)9(7)14-2/h3-5H,1-2H3. The van der Waals surface area contributed by atoms with Crippen LogP contribution in [0.2, 0.25) is 5.02 Å². The van der Waals surface area contributed by atoms with Crippen molar-refractivity contribution in [2.75, 3.05) is 7.11 Å². The van der Waals surface area contributed by atoms with Crippen molar-refractivity contribution in [1.29, 1.82) is 0 Å². The highest BCUT2D eigenvalue weighted by molar-refractivity contribution is 6.32. The van der Waals surface area contributed by atoms with Gasteiger partial charge >= 0.3 is 0 Å². The van der Waals surface area contributed by atoms with E-state index in [1.807, 2.05) is 6.07 Å². The average Bonchev–Trinajstić information content (AvgIpc) is 2.64. The molecule has 5 heteroatoms. The molecule has 0 unspecified atom stereocenters. The summed E-state index contributed by atoms with van der Waals surface area (Å²) in [5.74, 6) is 1.53. The fourth-order valence-corrected chi connectivity index (χ4v) is 1.54. The first kappa shape index (κ1) is 9.98. The molecular weight excluding hydrogens is 216 g/mol. The molecule has 0 radical (unpaired) electrons. The van der Waals surface area contributed by atoms with E-state index >= 15 is 0 Å². The summed E-state index contributed by atoms with van der Waals surface area (Å²) in [5, 5.41) is 4.23. The average molecular weight is 225 g/mol. The Kier molecular flexibility index (Phi) is 2.60. The van der Waals surface area contributed by atoms with Gasteiger partial charge < -0.3 is 9.26 Å². The molecule has 0 saturated heterocycles. The quantitative estimate of drug-likeness (QED) is 0.787. The molecule has 0 aliphatic heterocycles. The van der Waals surface area contributed by atoms with Gasteiger partial charge in [0.1, 0.15) is 5.75 Å². The Morgan fingerprint density at radius 3 is 2.80 bits per heavy atom. The molecule has 0 amide bonds. The zero-order chi connectivity index (χ0) is 10.8. The van der Waals surface area contributed by atoms with Crippen LogP contribution in [0.25, 0.3) is 11.5 Å². The van der Waals surface area contributed by atoms with E-state index in [0.717, 1.165) is 0 Å². The van der Waals surface area contributed by atoms with Crippen molar-refractivity contribution in [3.05, 3.63) is 29.0 Å². The van der Waals surface area contributed by atoms with Gasteiger partial charge in [0, 0.05) is 0 Å². The van der Waals surface area contributed by atoms with Crippen LogP contribution in [0.3, 0.4) is 0 Å². The van der Waals surface area contributed by atoms with E-state index in [2.05, 4.69) is 10.1 Å². The van der Waals surface area contributed by atoms with Gasteiger partial charge in [0.05, 0.1) is 17.7 Å². The zero-order valence-corrected chi connectivity index (χ0v) is 9.08. The maximum absolute atomic E-state index is 5.97. The third-order valence-corrected chi connectivity index (χ3v) is 2.23. The van der Waals surface area contributed by atoms with Crippen LogP contribution < -0.4 is 4.74 Å². The van der Waals surface area contributed by atoms with Gasteiger partial charge in [-0.1, -0.05) is 22.8 Å². The summed E-state index contributed by atoms with van der Waals surface area (Å²) in [5.41, 5.74) is 0.700. The van der Waals surface area contributed by atoms with E-state index in [9.17, 15) is 0 Å². The highest BCUT2D eigenvalue weighted by Gasteiger charge is 2.14. The van der Waals surface area contributed by atoms with Crippen LogP contribution in [0.4, 0.5) is 0 Å². The van der Waals surface area contributed by atoms with Gasteiger partial charge in [0.15, 0.2) is 5.82 Å². The molecule has 0 aliphatic carbocycles. The van der Waals surface area contributed by atoms with Crippen molar-refractivity contribution in [3.63, 3.8) is 0 Å². The number of hydrogen-bond donors (Lipinski definition) is 0. The van der Waals surface area contributed by atoms with E-state index in [0.29, 0.717) is 28.1 Å². The van der Waals surface area contributed by atoms with Crippen molar-refractivity contribution in [3.8, 4) is 17.2 Å². The summed E-state index contributed by atoms with van der Waals surface area (Å²) in [6.07, 6.45) is 0. The van der Waals surface area contributed by atoms with E-state index in [1.54, 1.807) is 26.2 Å². The van der Waals surface area contributed by atoms with Crippen molar-refractivity contribution in [2.45, 2.75) is 6.92 Å². The molecule has 0 atom stereocenters. The molecule has 0 bridgehead atoms. The van der Waals surface area contributed by atoms with Crippen LogP contribution in [0.15, 0.2) is 22.7 Å². The fourth-order valence-electron chi connectivity index (χ4n) is 1.29. The largest absolute Gasteiger partial charge is 0.494 e. The number of aromatic nitrogens is 2. The van der Waals surface area contributed by atoms with Gasteiger partial charge in [0.2, 0.25) is 0 Å². The topological polar surface area (TPSA) is 48.2 Å². The number of ether oxygens (including phenoxy) is 1. The first-order valence-corrected chi connectivity index (χ1v) is 4.73. The molecule has 0 saturated carbocycles. The molecule has 15 heavy (non-hydrogen) atoms. The molecule has 78 valence electrons. The van der Waals surface area contributed by atoms with E-state index in [-0.39, 0.29) is 0 Å². The summed E-state index contributed by atoms with van der Waals surface area (Å²) < 4.78 is 10.2. The van der Waals surface area contributed by atoms with Crippen LogP contribution in [-0.4, -0.2) is 17.3 Å². The number of para-hydroxylation sites is 1. The Labute approximate surface area is 91.8 Å². The molecule has 1 aromatic carbocycles. The molecular formula is C10H9ClN2O2. The number of methoxy groups -OCH3 is 1. The third-order valence-electron chi connectivity index (χ3n) is 1.93. The number of nitrogens with zero attached hydrogens (tertiary/aromatic N) is 2. The van der Waals surface area contributed by atoms with Crippen LogP contribution in [0, 0.1) is 6.92 Å². The first-order valence-electron chi connectivity index (χ1n) is 4.35. The normalized spacial score (nSPS) is 10.3. The SMILES string of the molecule is COc1c(Cl)cccc1-c1nc(C)no1. The zero-order valence-electron chi connectivity index (χ0n) is 8.32. The lowest BCUT2D eigenvalue weighted by molar-refractivity contribution is 0.404. The van der Waals surface area contributed by atoms with E-state index < -0.39 is 0 Å². The van der Waals surface area contributed by atoms with Gasteiger partial charge in [-0.2, -0.15) is 4.98 Å². The van der Waals surface area contributed by atoms with Crippen LogP contribution in [0.1, 0.15) is 5.82 Å². The lowest BCUT2D eigenvalue weighted by Crippen LogP contribution is -1.89. The maximum atomic E-state index is 5.97. The molecule has 0 aliphatic rings. The molecule has 0 N–H and O–H groups in total. The summed E-state index contributed by atoms with van der Waals surface area (Å²) in [6, 6.07) is 5.37. The van der Waals surface area contributed by atoms with Crippen molar-refractivity contribution >= 4 is 11.6 Å². The van der Waals surface area contributed by atoms with Crippen molar-refractivity contribution in [1.82, 2.24) is 10.1 Å². The fraction of sp³-hybridized carbons (Fsp3) is 0.200. The highest BCUT2D eigenvalue weighted by Crippen LogP contribution is 2.34. The van der Waals surface area contributed by atoms with Gasteiger partial charge in [0.25, 0.3) is 5.89 Å². The second-order valence-electron chi connectivity index (χ2n) is 2.97. The monoisotopic (exact) mass is 224 g/mol. The van der Waals surface area contributed by atoms with Crippen molar-refractivity contribution in [2.24, 2.45) is 0 Å². The summed E-state index contributed by atoms with van der Waals surface area (Å²) in [4.78, 5) is 4.11. The minimum absolute atomic E-state index is 0.409. The van der Waals surface area contributed by atoms with Crippen LogP contribution in [-0.2, 0) is 0 Å². The van der Waals surface area contributed by atoms with Crippen LogP contribution in [0.5, 0.6) is 5.75 Å². The number of hydrogen-bond acceptors (Lipinski definition) is 4. The molecule has 1 heterocycles. The lowest BCUT2D eigenvalue weighted by Gasteiger charge is -2.05. The Balaban J connectivity index is 2.57. The number of rotatable bonds is 2. The first-order chi connectivity index (χ1) is 7.22. The number of aryl methyl sites for hydroxylation is 1.